The molecule has 0 aliphatic carbocycles. The maximum Gasteiger partial charge on any atom is 0.194 e. The Bertz CT molecular complexity index is 604. The molecular formula is C21H35IN4O. The molecule has 5 nitrogen and oxygen atoms in total. The smallest absolute Gasteiger partial charge is 0.194 e. The molecule has 1 aromatic carbocycles. The molecule has 1 aromatic rings. The third-order valence-electron chi connectivity index (χ3n) is 5.28. The lowest BCUT2D eigenvalue weighted by atomic mass is 10.2. The molecular weight excluding hydrogens is 451 g/mol. The van der Waals surface area contributed by atoms with Crippen molar-refractivity contribution in [3.8, 4) is 5.75 Å². The number of nitrogens with one attached hydrogen (secondary N) is 1. The summed E-state index contributed by atoms with van der Waals surface area (Å²) in [5, 5.41) is 3.47. The topological polar surface area (TPSA) is 40.1 Å². The number of hydrogen-bond donors (Lipinski definition) is 1. The molecule has 1 N–H and O–H groups in total. The maximum absolute atomic E-state index is 6.03. The predicted molar refractivity (Wildman–Crippen MR) is 123 cm³/mol. The van der Waals surface area contributed by atoms with Gasteiger partial charge in [-0.05, 0) is 70.8 Å². The largest absolute Gasteiger partial charge is 0.489 e. The van der Waals surface area contributed by atoms with E-state index >= 15 is 0 Å². The Kier molecular flexibility index (Phi) is 9.15. The van der Waals surface area contributed by atoms with Crippen molar-refractivity contribution < 1.29 is 4.74 Å². The standard InChI is InChI=1S/C21H34N4O.HI/c1-4-22-21(25-13-10-19(16-25)24-11-5-6-12-24)23-15-18(3)26-20-9-7-8-17(2)14-20;/h7-9,14,18-19H,4-6,10-13,15-16H2,1-3H3,(H,22,23);1H. The number of hydrogen-bond acceptors (Lipinski definition) is 3. The highest BCUT2D eigenvalue weighted by Crippen LogP contribution is 2.20. The van der Waals surface area contributed by atoms with E-state index < -0.39 is 0 Å². The van der Waals surface area contributed by atoms with Crippen molar-refractivity contribution in [1.29, 1.82) is 0 Å². The van der Waals surface area contributed by atoms with Gasteiger partial charge < -0.3 is 15.0 Å². The van der Waals surface area contributed by atoms with Gasteiger partial charge in [0, 0.05) is 25.7 Å². The highest BCUT2D eigenvalue weighted by atomic mass is 127. The van der Waals surface area contributed by atoms with Crippen molar-refractivity contribution in [1.82, 2.24) is 15.1 Å². The van der Waals surface area contributed by atoms with Gasteiger partial charge in [0.2, 0.25) is 0 Å². The number of likely N-dealkylation sites (tertiary alicyclic amines) is 2. The van der Waals surface area contributed by atoms with Crippen molar-refractivity contribution >= 4 is 29.9 Å². The average molecular weight is 486 g/mol. The molecule has 0 saturated carbocycles. The Morgan fingerprint density at radius 3 is 2.78 bits per heavy atom. The molecule has 0 aromatic heterocycles. The summed E-state index contributed by atoms with van der Waals surface area (Å²) >= 11 is 0. The van der Waals surface area contributed by atoms with Gasteiger partial charge in [-0.2, -0.15) is 0 Å². The second-order valence-electron chi connectivity index (χ2n) is 7.57. The van der Waals surface area contributed by atoms with E-state index in [1.165, 1.54) is 37.9 Å². The summed E-state index contributed by atoms with van der Waals surface area (Å²) in [6.45, 7) is 12.6. The number of guanidine groups is 1. The van der Waals surface area contributed by atoms with Crippen molar-refractivity contribution in [3.63, 3.8) is 0 Å². The van der Waals surface area contributed by atoms with E-state index in [2.05, 4.69) is 48.0 Å². The van der Waals surface area contributed by atoms with E-state index in [0.29, 0.717) is 12.6 Å². The maximum atomic E-state index is 6.03. The van der Waals surface area contributed by atoms with Crippen LogP contribution in [0.25, 0.3) is 0 Å². The van der Waals surface area contributed by atoms with E-state index in [1.807, 2.05) is 12.1 Å². The van der Waals surface area contributed by atoms with Crippen LogP contribution in [0.4, 0.5) is 0 Å². The van der Waals surface area contributed by atoms with Gasteiger partial charge in [-0.1, -0.05) is 12.1 Å². The Morgan fingerprint density at radius 1 is 1.30 bits per heavy atom. The molecule has 2 aliphatic rings. The third-order valence-corrected chi connectivity index (χ3v) is 5.28. The molecule has 2 atom stereocenters. The van der Waals surface area contributed by atoms with Crippen molar-refractivity contribution in [2.24, 2.45) is 4.99 Å². The van der Waals surface area contributed by atoms with Crippen molar-refractivity contribution in [2.45, 2.75) is 52.2 Å². The molecule has 0 bridgehead atoms. The molecule has 2 fully saturated rings. The molecule has 2 heterocycles. The lowest BCUT2D eigenvalue weighted by Crippen LogP contribution is -2.43. The zero-order valence-electron chi connectivity index (χ0n) is 17.0. The van der Waals surface area contributed by atoms with E-state index in [1.54, 1.807) is 0 Å². The van der Waals surface area contributed by atoms with Gasteiger partial charge in [-0.15, -0.1) is 24.0 Å². The minimum Gasteiger partial charge on any atom is -0.489 e. The van der Waals surface area contributed by atoms with E-state index in [4.69, 9.17) is 9.73 Å². The number of benzene rings is 1. The van der Waals surface area contributed by atoms with Gasteiger partial charge in [0.05, 0.1) is 6.54 Å². The fourth-order valence-electron chi connectivity index (χ4n) is 3.94. The molecule has 27 heavy (non-hydrogen) atoms. The number of ether oxygens (including phenoxy) is 1. The summed E-state index contributed by atoms with van der Waals surface area (Å²) < 4.78 is 6.03. The van der Waals surface area contributed by atoms with Crippen LogP contribution < -0.4 is 10.1 Å². The summed E-state index contributed by atoms with van der Waals surface area (Å²) in [6, 6.07) is 8.91. The summed E-state index contributed by atoms with van der Waals surface area (Å²) in [7, 11) is 0. The second kappa shape index (κ2) is 11.1. The van der Waals surface area contributed by atoms with Gasteiger partial charge >= 0.3 is 0 Å². The second-order valence-corrected chi connectivity index (χ2v) is 7.57. The molecule has 3 rings (SSSR count). The fourth-order valence-corrected chi connectivity index (χ4v) is 3.94. The van der Waals surface area contributed by atoms with Crippen LogP contribution in [0.2, 0.25) is 0 Å². The third kappa shape index (κ3) is 6.52. The number of nitrogens with zero attached hydrogens (tertiary/aromatic N) is 3. The summed E-state index contributed by atoms with van der Waals surface area (Å²) in [5.41, 5.74) is 1.22. The van der Waals surface area contributed by atoms with Gasteiger partial charge in [0.1, 0.15) is 11.9 Å². The first-order valence-corrected chi connectivity index (χ1v) is 10.2. The molecule has 0 amide bonds. The number of aryl methyl sites for hydroxylation is 1. The normalized spacial score (nSPS) is 21.8. The molecule has 152 valence electrons. The van der Waals surface area contributed by atoms with Crippen LogP contribution in [0.1, 0.15) is 38.7 Å². The molecule has 2 aliphatic heterocycles. The van der Waals surface area contributed by atoms with E-state index in [0.717, 1.165) is 31.3 Å². The van der Waals surface area contributed by atoms with Crippen LogP contribution in [0.15, 0.2) is 29.3 Å². The highest BCUT2D eigenvalue weighted by molar-refractivity contribution is 14.0. The highest BCUT2D eigenvalue weighted by Gasteiger charge is 2.30. The monoisotopic (exact) mass is 486 g/mol. The Labute approximate surface area is 181 Å². The first-order valence-electron chi connectivity index (χ1n) is 10.2. The Hall–Kier alpha value is -1.02. The van der Waals surface area contributed by atoms with Crippen LogP contribution in [0, 0.1) is 6.92 Å². The van der Waals surface area contributed by atoms with Crippen LogP contribution in [0.3, 0.4) is 0 Å². The van der Waals surface area contributed by atoms with Crippen LogP contribution in [-0.2, 0) is 0 Å². The molecule has 6 heteroatoms. The minimum absolute atomic E-state index is 0. The van der Waals surface area contributed by atoms with Crippen LogP contribution in [0.5, 0.6) is 5.75 Å². The lowest BCUT2D eigenvalue weighted by Gasteiger charge is -2.25. The first kappa shape index (κ1) is 22.3. The lowest BCUT2D eigenvalue weighted by molar-refractivity contribution is 0.229. The van der Waals surface area contributed by atoms with Gasteiger partial charge in [0.25, 0.3) is 0 Å². The number of halogens is 1. The number of rotatable bonds is 6. The van der Waals surface area contributed by atoms with Crippen molar-refractivity contribution in [2.75, 3.05) is 39.3 Å². The fraction of sp³-hybridized carbons (Fsp3) is 0.667. The summed E-state index contributed by atoms with van der Waals surface area (Å²) in [5.74, 6) is 1.96. The molecule has 2 unspecified atom stereocenters. The predicted octanol–water partition coefficient (Wildman–Crippen LogP) is 3.52. The molecule has 0 spiro atoms. The van der Waals surface area contributed by atoms with Crippen LogP contribution >= 0.6 is 24.0 Å². The quantitative estimate of drug-likeness (QED) is 0.380. The molecule has 2 saturated heterocycles. The SMILES string of the molecule is CCNC(=NCC(C)Oc1cccc(C)c1)N1CCC(N2CCCC2)C1.I. The molecule has 0 radical (unpaired) electrons. The summed E-state index contributed by atoms with van der Waals surface area (Å²) in [6.07, 6.45) is 4.03. The zero-order chi connectivity index (χ0) is 18.4. The van der Waals surface area contributed by atoms with Gasteiger partial charge in [0.15, 0.2) is 5.96 Å². The van der Waals surface area contributed by atoms with Gasteiger partial charge in [-0.3, -0.25) is 4.90 Å². The minimum atomic E-state index is 0. The van der Waals surface area contributed by atoms with Crippen LogP contribution in [-0.4, -0.2) is 67.2 Å². The zero-order valence-corrected chi connectivity index (χ0v) is 19.3. The Morgan fingerprint density at radius 2 is 2.07 bits per heavy atom. The summed E-state index contributed by atoms with van der Waals surface area (Å²) in [4.78, 5) is 9.95. The average Bonchev–Trinajstić information content (AvgIpc) is 3.29. The number of aliphatic imine (C=N–C) groups is 1. The Balaban J connectivity index is 0.00000261. The van der Waals surface area contributed by atoms with Crippen molar-refractivity contribution in [3.05, 3.63) is 29.8 Å². The van der Waals surface area contributed by atoms with E-state index in [-0.39, 0.29) is 30.1 Å². The first-order chi connectivity index (χ1) is 12.7. The van der Waals surface area contributed by atoms with Gasteiger partial charge in [-0.25, -0.2) is 4.99 Å². The van der Waals surface area contributed by atoms with E-state index in [9.17, 15) is 0 Å².